The molecule has 2 aromatic carbocycles. The van der Waals surface area contributed by atoms with Crippen LogP contribution in [0.3, 0.4) is 0 Å². The van der Waals surface area contributed by atoms with Gasteiger partial charge in [-0.3, -0.25) is 4.79 Å². The van der Waals surface area contributed by atoms with Crippen molar-refractivity contribution in [1.82, 2.24) is 15.1 Å². The topological polar surface area (TPSA) is 91.7 Å². The second-order valence-electron chi connectivity index (χ2n) is 7.17. The van der Waals surface area contributed by atoms with Crippen molar-refractivity contribution in [3.63, 3.8) is 0 Å². The number of rotatable bonds is 6. The summed E-state index contributed by atoms with van der Waals surface area (Å²) in [6.07, 6.45) is -0.317. The number of fused-ring (bicyclic) bond motifs is 1. The molecule has 0 radical (unpaired) electrons. The lowest BCUT2D eigenvalue weighted by Crippen LogP contribution is -2.42. The molecule has 8 heteroatoms. The SMILES string of the molecule is Cc1nn(-c2ccccc2)c(C)c1C(=O)OCC(=O)NC[C@H]1COc2ccccc2O1. The number of esters is 1. The molecule has 0 unspecified atom stereocenters. The molecule has 0 spiro atoms. The fourth-order valence-corrected chi connectivity index (χ4v) is 3.40. The maximum atomic E-state index is 12.6. The molecule has 1 aliphatic rings. The minimum Gasteiger partial charge on any atom is -0.486 e. The van der Waals surface area contributed by atoms with Crippen LogP contribution in [0.1, 0.15) is 21.7 Å². The van der Waals surface area contributed by atoms with Crippen molar-refractivity contribution in [2.45, 2.75) is 20.0 Å². The zero-order valence-electron chi connectivity index (χ0n) is 17.3. The van der Waals surface area contributed by atoms with E-state index in [1.165, 1.54) is 0 Å². The zero-order chi connectivity index (χ0) is 21.8. The van der Waals surface area contributed by atoms with Gasteiger partial charge in [0.15, 0.2) is 18.1 Å². The van der Waals surface area contributed by atoms with Gasteiger partial charge in [0.2, 0.25) is 0 Å². The van der Waals surface area contributed by atoms with Crippen LogP contribution in [-0.2, 0) is 9.53 Å². The lowest BCUT2D eigenvalue weighted by atomic mass is 10.2. The number of aryl methyl sites for hydroxylation is 1. The van der Waals surface area contributed by atoms with Crippen LogP contribution in [-0.4, -0.2) is 47.5 Å². The highest BCUT2D eigenvalue weighted by molar-refractivity contribution is 5.93. The number of amides is 1. The highest BCUT2D eigenvalue weighted by Crippen LogP contribution is 2.30. The van der Waals surface area contributed by atoms with Gasteiger partial charge in [0, 0.05) is 0 Å². The van der Waals surface area contributed by atoms with E-state index in [1.54, 1.807) is 18.5 Å². The van der Waals surface area contributed by atoms with E-state index in [4.69, 9.17) is 14.2 Å². The third-order valence-corrected chi connectivity index (χ3v) is 4.92. The summed E-state index contributed by atoms with van der Waals surface area (Å²) in [7, 11) is 0. The molecular weight excluding hydrogens is 398 g/mol. The summed E-state index contributed by atoms with van der Waals surface area (Å²) in [4.78, 5) is 24.7. The first-order chi connectivity index (χ1) is 15.0. The molecule has 31 heavy (non-hydrogen) atoms. The van der Waals surface area contributed by atoms with E-state index in [2.05, 4.69) is 10.4 Å². The first-order valence-electron chi connectivity index (χ1n) is 9.97. The minimum absolute atomic E-state index is 0.245. The van der Waals surface area contributed by atoms with Crippen molar-refractivity contribution < 1.29 is 23.8 Å². The molecule has 4 rings (SSSR count). The van der Waals surface area contributed by atoms with E-state index in [1.807, 2.05) is 54.6 Å². The summed E-state index contributed by atoms with van der Waals surface area (Å²) in [6, 6.07) is 16.9. The van der Waals surface area contributed by atoms with Crippen LogP contribution in [0.25, 0.3) is 5.69 Å². The molecule has 3 aromatic rings. The number of carbonyl (C=O) groups excluding carboxylic acids is 2. The number of para-hydroxylation sites is 3. The molecular formula is C23H23N3O5. The van der Waals surface area contributed by atoms with Gasteiger partial charge in [-0.15, -0.1) is 0 Å². The Balaban J connectivity index is 1.30. The zero-order valence-corrected chi connectivity index (χ0v) is 17.3. The van der Waals surface area contributed by atoms with E-state index < -0.39 is 18.5 Å². The predicted octanol–water partition coefficient (Wildman–Crippen LogP) is 2.60. The van der Waals surface area contributed by atoms with Gasteiger partial charge < -0.3 is 19.5 Å². The summed E-state index contributed by atoms with van der Waals surface area (Å²) in [5.41, 5.74) is 2.40. The van der Waals surface area contributed by atoms with Gasteiger partial charge in [-0.2, -0.15) is 5.10 Å². The molecule has 1 amide bonds. The molecule has 1 N–H and O–H groups in total. The van der Waals surface area contributed by atoms with Crippen molar-refractivity contribution in [2.75, 3.05) is 19.8 Å². The molecule has 1 aliphatic heterocycles. The number of hydrogen-bond donors (Lipinski definition) is 1. The van der Waals surface area contributed by atoms with E-state index in [0.29, 0.717) is 35.1 Å². The Morgan fingerprint density at radius 1 is 1.10 bits per heavy atom. The molecule has 0 saturated carbocycles. The normalized spacial score (nSPS) is 14.7. The van der Waals surface area contributed by atoms with Crippen molar-refractivity contribution in [1.29, 1.82) is 0 Å². The third-order valence-electron chi connectivity index (χ3n) is 4.92. The maximum absolute atomic E-state index is 12.6. The standard InChI is InChI=1S/C23H23N3O5/c1-15-22(16(2)26(25-15)17-8-4-3-5-9-17)23(28)30-14-21(27)24-12-18-13-29-19-10-6-7-11-20(19)31-18/h3-11,18H,12-14H2,1-2H3,(H,24,27)/t18-/m0/s1. The number of hydrogen-bond acceptors (Lipinski definition) is 6. The average Bonchev–Trinajstić information content (AvgIpc) is 3.10. The Hall–Kier alpha value is -3.81. The van der Waals surface area contributed by atoms with Crippen molar-refractivity contribution in [2.24, 2.45) is 0 Å². The fourth-order valence-electron chi connectivity index (χ4n) is 3.40. The summed E-state index contributed by atoms with van der Waals surface area (Å²) in [5, 5.41) is 7.14. The molecule has 1 atom stereocenters. The van der Waals surface area contributed by atoms with Gasteiger partial charge in [-0.1, -0.05) is 30.3 Å². The van der Waals surface area contributed by atoms with E-state index in [9.17, 15) is 9.59 Å². The first kappa shape index (κ1) is 20.5. The van der Waals surface area contributed by atoms with Crippen LogP contribution in [0.2, 0.25) is 0 Å². The Kier molecular flexibility index (Phi) is 5.88. The van der Waals surface area contributed by atoms with Gasteiger partial charge in [0.1, 0.15) is 18.3 Å². The molecule has 160 valence electrons. The Morgan fingerprint density at radius 3 is 2.58 bits per heavy atom. The van der Waals surface area contributed by atoms with Gasteiger partial charge >= 0.3 is 5.97 Å². The second-order valence-corrected chi connectivity index (χ2v) is 7.17. The first-order valence-corrected chi connectivity index (χ1v) is 9.97. The lowest BCUT2D eigenvalue weighted by molar-refractivity contribution is -0.124. The summed E-state index contributed by atoms with van der Waals surface area (Å²) >= 11 is 0. The number of nitrogens with zero attached hydrogens (tertiary/aromatic N) is 2. The van der Waals surface area contributed by atoms with Crippen LogP contribution >= 0.6 is 0 Å². The van der Waals surface area contributed by atoms with Gasteiger partial charge in [-0.05, 0) is 38.1 Å². The number of aromatic nitrogens is 2. The Labute approximate surface area is 179 Å². The van der Waals surface area contributed by atoms with Crippen molar-refractivity contribution >= 4 is 11.9 Å². The fraction of sp³-hybridized carbons (Fsp3) is 0.261. The summed E-state index contributed by atoms with van der Waals surface area (Å²) < 4.78 is 18.3. The molecule has 0 bridgehead atoms. The van der Waals surface area contributed by atoms with Gasteiger partial charge in [-0.25, -0.2) is 9.48 Å². The van der Waals surface area contributed by atoms with Gasteiger partial charge in [0.05, 0.1) is 23.6 Å². The van der Waals surface area contributed by atoms with E-state index >= 15 is 0 Å². The smallest absolute Gasteiger partial charge is 0.342 e. The predicted molar refractivity (Wildman–Crippen MR) is 113 cm³/mol. The molecule has 2 heterocycles. The molecule has 8 nitrogen and oxygen atoms in total. The Morgan fingerprint density at radius 2 is 1.81 bits per heavy atom. The van der Waals surface area contributed by atoms with Gasteiger partial charge in [0.25, 0.3) is 5.91 Å². The van der Waals surface area contributed by atoms with Crippen LogP contribution in [0.15, 0.2) is 54.6 Å². The van der Waals surface area contributed by atoms with Crippen LogP contribution in [0, 0.1) is 13.8 Å². The highest BCUT2D eigenvalue weighted by atomic mass is 16.6. The van der Waals surface area contributed by atoms with Crippen LogP contribution in [0.5, 0.6) is 11.5 Å². The Bertz CT molecular complexity index is 1090. The molecule has 0 fully saturated rings. The molecule has 0 aliphatic carbocycles. The largest absolute Gasteiger partial charge is 0.486 e. The number of ether oxygens (including phenoxy) is 3. The highest BCUT2D eigenvalue weighted by Gasteiger charge is 2.23. The van der Waals surface area contributed by atoms with E-state index in [0.717, 1.165) is 5.69 Å². The monoisotopic (exact) mass is 421 g/mol. The number of carbonyl (C=O) groups is 2. The van der Waals surface area contributed by atoms with Crippen molar-refractivity contribution in [3.05, 3.63) is 71.5 Å². The summed E-state index contributed by atoms with van der Waals surface area (Å²) in [6.45, 7) is 3.71. The van der Waals surface area contributed by atoms with E-state index in [-0.39, 0.29) is 12.6 Å². The van der Waals surface area contributed by atoms with Crippen LogP contribution < -0.4 is 14.8 Å². The summed E-state index contributed by atoms with van der Waals surface area (Å²) in [5.74, 6) is 0.321. The lowest BCUT2D eigenvalue weighted by Gasteiger charge is -2.26. The van der Waals surface area contributed by atoms with Crippen molar-refractivity contribution in [3.8, 4) is 17.2 Å². The minimum atomic E-state index is -0.585. The quantitative estimate of drug-likeness (QED) is 0.615. The molecule has 1 aromatic heterocycles. The maximum Gasteiger partial charge on any atom is 0.342 e. The number of benzene rings is 2. The molecule has 0 saturated heterocycles. The number of nitrogens with one attached hydrogen (secondary N) is 1. The second kappa shape index (κ2) is 8.91. The van der Waals surface area contributed by atoms with Crippen LogP contribution in [0.4, 0.5) is 0 Å². The average molecular weight is 421 g/mol. The third kappa shape index (κ3) is 4.53.